The highest BCUT2D eigenvalue weighted by atomic mass is 17.3. The molecule has 18 heavy (non-hydrogen) atoms. The first-order valence-electron chi connectivity index (χ1n) is 5.95. The van der Waals surface area contributed by atoms with Gasteiger partial charge in [-0.2, -0.15) is 5.48 Å². The first kappa shape index (κ1) is 14.2. The van der Waals surface area contributed by atoms with Crippen LogP contribution in [0.25, 0.3) is 0 Å². The Morgan fingerprint density at radius 1 is 1.17 bits per heavy atom. The zero-order chi connectivity index (χ0) is 13.2. The quantitative estimate of drug-likeness (QED) is 0.459. The summed E-state index contributed by atoms with van der Waals surface area (Å²) in [6.45, 7) is 2.04. The standard InChI is InChI=1S/C13H17NO4/c1-2-3-5-10-12(15)17-18-14-13(16)11-8-6-4-7-9-11/h4,6-9H,2-3,5,10H2,1H3,(H,14,16). The molecule has 0 bridgehead atoms. The summed E-state index contributed by atoms with van der Waals surface area (Å²) in [5.41, 5.74) is 2.47. The minimum atomic E-state index is -0.489. The van der Waals surface area contributed by atoms with Gasteiger partial charge in [-0.15, -0.1) is 0 Å². The maximum atomic E-state index is 11.5. The highest BCUT2D eigenvalue weighted by Gasteiger charge is 2.07. The second-order valence-corrected chi connectivity index (χ2v) is 3.79. The molecule has 0 spiro atoms. The molecule has 0 aromatic heterocycles. The van der Waals surface area contributed by atoms with Gasteiger partial charge in [0.05, 0.1) is 0 Å². The molecular weight excluding hydrogens is 234 g/mol. The van der Waals surface area contributed by atoms with Crippen LogP contribution in [0.5, 0.6) is 0 Å². The van der Waals surface area contributed by atoms with Crippen molar-refractivity contribution in [2.24, 2.45) is 0 Å². The largest absolute Gasteiger partial charge is 0.345 e. The van der Waals surface area contributed by atoms with Crippen LogP contribution in [-0.2, 0) is 14.7 Å². The first-order valence-corrected chi connectivity index (χ1v) is 5.95. The van der Waals surface area contributed by atoms with E-state index in [1.165, 1.54) is 0 Å². The summed E-state index contributed by atoms with van der Waals surface area (Å²) in [6.07, 6.45) is 3.03. The molecular formula is C13H17NO4. The van der Waals surface area contributed by atoms with Crippen LogP contribution in [0.1, 0.15) is 43.0 Å². The lowest BCUT2D eigenvalue weighted by Gasteiger charge is -2.04. The molecule has 5 nitrogen and oxygen atoms in total. The van der Waals surface area contributed by atoms with Crippen LogP contribution in [0.4, 0.5) is 0 Å². The number of benzene rings is 1. The number of hydrogen-bond acceptors (Lipinski definition) is 4. The molecule has 0 heterocycles. The van der Waals surface area contributed by atoms with Crippen molar-refractivity contribution < 1.29 is 19.5 Å². The predicted molar refractivity (Wildman–Crippen MR) is 65.2 cm³/mol. The van der Waals surface area contributed by atoms with E-state index < -0.39 is 11.9 Å². The Balaban J connectivity index is 2.18. The van der Waals surface area contributed by atoms with Crippen molar-refractivity contribution in [3.05, 3.63) is 35.9 Å². The molecule has 0 saturated carbocycles. The highest BCUT2D eigenvalue weighted by molar-refractivity contribution is 5.93. The van der Waals surface area contributed by atoms with Crippen LogP contribution >= 0.6 is 0 Å². The van der Waals surface area contributed by atoms with Gasteiger partial charge in [0.15, 0.2) is 0 Å². The van der Waals surface area contributed by atoms with Crippen LogP contribution in [-0.4, -0.2) is 11.9 Å². The molecule has 0 aliphatic heterocycles. The summed E-state index contributed by atoms with van der Waals surface area (Å²) in [6, 6.07) is 8.51. The molecule has 0 aliphatic carbocycles. The number of nitrogens with one attached hydrogen (secondary N) is 1. The maximum absolute atomic E-state index is 11.5. The Bertz CT molecular complexity index is 378. The van der Waals surface area contributed by atoms with E-state index in [0.29, 0.717) is 5.56 Å². The molecule has 1 rings (SSSR count). The third-order valence-electron chi connectivity index (χ3n) is 2.29. The number of rotatable bonds is 7. The normalized spacial score (nSPS) is 9.83. The SMILES string of the molecule is CCCCCC(=O)OONC(=O)c1ccccc1. The van der Waals surface area contributed by atoms with E-state index in [0.717, 1.165) is 19.3 Å². The van der Waals surface area contributed by atoms with Crippen LogP contribution in [0, 0.1) is 0 Å². The van der Waals surface area contributed by atoms with Crippen molar-refractivity contribution in [2.75, 3.05) is 0 Å². The number of carbonyl (C=O) groups excluding carboxylic acids is 2. The lowest BCUT2D eigenvalue weighted by Crippen LogP contribution is -2.25. The molecule has 1 amide bonds. The first-order chi connectivity index (χ1) is 8.74. The number of carbonyl (C=O) groups is 2. The fraction of sp³-hybridized carbons (Fsp3) is 0.385. The van der Waals surface area contributed by atoms with E-state index in [9.17, 15) is 9.59 Å². The zero-order valence-electron chi connectivity index (χ0n) is 10.3. The Hall–Kier alpha value is -1.88. The van der Waals surface area contributed by atoms with Crippen molar-refractivity contribution in [3.63, 3.8) is 0 Å². The van der Waals surface area contributed by atoms with Gasteiger partial charge in [0.25, 0.3) is 5.91 Å². The Morgan fingerprint density at radius 2 is 1.89 bits per heavy atom. The molecule has 0 saturated heterocycles. The van der Waals surface area contributed by atoms with Gasteiger partial charge in [-0.3, -0.25) is 9.68 Å². The van der Waals surface area contributed by atoms with Crippen LogP contribution < -0.4 is 5.48 Å². The number of hydroxylamine groups is 1. The smallest absolute Gasteiger partial charge is 0.275 e. The Labute approximate surface area is 106 Å². The minimum Gasteiger partial charge on any atom is -0.275 e. The summed E-state index contributed by atoms with van der Waals surface area (Å²) >= 11 is 0. The lowest BCUT2D eigenvalue weighted by atomic mass is 10.2. The third kappa shape index (κ3) is 5.45. The van der Waals surface area contributed by atoms with Gasteiger partial charge in [0, 0.05) is 12.0 Å². The van der Waals surface area contributed by atoms with Crippen molar-refractivity contribution in [2.45, 2.75) is 32.6 Å². The third-order valence-corrected chi connectivity index (χ3v) is 2.29. The molecule has 0 atom stereocenters. The average Bonchev–Trinajstić information content (AvgIpc) is 2.40. The molecule has 0 unspecified atom stereocenters. The summed E-state index contributed by atoms with van der Waals surface area (Å²) in [4.78, 5) is 31.4. The van der Waals surface area contributed by atoms with Crippen molar-refractivity contribution in [1.29, 1.82) is 0 Å². The van der Waals surface area contributed by atoms with Crippen LogP contribution in [0.15, 0.2) is 30.3 Å². The molecule has 1 aromatic carbocycles. The Kier molecular flexibility index (Phi) is 6.50. The van der Waals surface area contributed by atoms with Crippen molar-refractivity contribution in [1.82, 2.24) is 5.48 Å². The fourth-order valence-electron chi connectivity index (χ4n) is 1.31. The molecule has 0 radical (unpaired) electrons. The second kappa shape index (κ2) is 8.25. The van der Waals surface area contributed by atoms with Crippen LogP contribution in [0.2, 0.25) is 0 Å². The van der Waals surface area contributed by atoms with E-state index in [4.69, 9.17) is 0 Å². The fourth-order valence-corrected chi connectivity index (χ4v) is 1.31. The van der Waals surface area contributed by atoms with Gasteiger partial charge >= 0.3 is 5.97 Å². The number of hydrogen-bond donors (Lipinski definition) is 1. The summed E-state index contributed by atoms with van der Waals surface area (Å²) in [5, 5.41) is 0. The summed E-state index contributed by atoms with van der Waals surface area (Å²) in [7, 11) is 0. The lowest BCUT2D eigenvalue weighted by molar-refractivity contribution is -0.297. The van der Waals surface area contributed by atoms with Crippen molar-refractivity contribution >= 4 is 11.9 Å². The van der Waals surface area contributed by atoms with E-state index in [1.54, 1.807) is 30.3 Å². The van der Waals surface area contributed by atoms with Gasteiger partial charge in [0.2, 0.25) is 0 Å². The monoisotopic (exact) mass is 251 g/mol. The van der Waals surface area contributed by atoms with E-state index >= 15 is 0 Å². The minimum absolute atomic E-state index is 0.287. The number of amides is 1. The van der Waals surface area contributed by atoms with Gasteiger partial charge in [-0.05, 0) is 18.6 Å². The average molecular weight is 251 g/mol. The summed E-state index contributed by atoms with van der Waals surface area (Å²) in [5.74, 6) is -0.950. The maximum Gasteiger partial charge on any atom is 0.345 e. The second-order valence-electron chi connectivity index (χ2n) is 3.79. The van der Waals surface area contributed by atoms with E-state index in [1.807, 2.05) is 12.4 Å². The van der Waals surface area contributed by atoms with Crippen molar-refractivity contribution in [3.8, 4) is 0 Å². The Morgan fingerprint density at radius 3 is 2.56 bits per heavy atom. The topological polar surface area (TPSA) is 64.6 Å². The van der Waals surface area contributed by atoms with Crippen LogP contribution in [0.3, 0.4) is 0 Å². The predicted octanol–water partition coefficient (Wildman–Crippen LogP) is 2.39. The highest BCUT2D eigenvalue weighted by Crippen LogP contribution is 2.01. The van der Waals surface area contributed by atoms with E-state index in [2.05, 4.69) is 9.88 Å². The van der Waals surface area contributed by atoms with Gasteiger partial charge in [0.1, 0.15) is 0 Å². The zero-order valence-corrected chi connectivity index (χ0v) is 10.3. The molecule has 1 aromatic rings. The van der Waals surface area contributed by atoms with Gasteiger partial charge in [-0.1, -0.05) is 43.0 Å². The van der Waals surface area contributed by atoms with Gasteiger partial charge in [-0.25, -0.2) is 4.79 Å². The molecule has 0 fully saturated rings. The van der Waals surface area contributed by atoms with E-state index in [-0.39, 0.29) is 6.42 Å². The number of unbranched alkanes of at least 4 members (excludes halogenated alkanes) is 2. The molecule has 98 valence electrons. The molecule has 5 heteroatoms. The molecule has 0 aliphatic rings. The summed E-state index contributed by atoms with van der Waals surface area (Å²) < 4.78 is 0. The molecule has 1 N–H and O–H groups in total. The van der Waals surface area contributed by atoms with Gasteiger partial charge < -0.3 is 0 Å².